The maximum atomic E-state index is 12.2. The van der Waals surface area contributed by atoms with Crippen molar-refractivity contribution in [2.45, 2.75) is 13.0 Å². The van der Waals surface area contributed by atoms with Gasteiger partial charge in [-0.1, -0.05) is 30.3 Å². The van der Waals surface area contributed by atoms with E-state index in [1.54, 1.807) is 31.2 Å². The van der Waals surface area contributed by atoms with Crippen LogP contribution in [-0.2, 0) is 0 Å². The van der Waals surface area contributed by atoms with Gasteiger partial charge in [0.25, 0.3) is 0 Å². The van der Waals surface area contributed by atoms with Crippen LogP contribution >= 0.6 is 15.9 Å². The molecule has 2 rings (SSSR count). The van der Waals surface area contributed by atoms with Gasteiger partial charge in [-0.2, -0.15) is 4.68 Å². The number of rotatable bonds is 4. The van der Waals surface area contributed by atoms with E-state index in [-0.39, 0.29) is 16.1 Å². The lowest BCUT2D eigenvalue weighted by Crippen LogP contribution is -2.17. The minimum Gasteiger partial charge on any atom is -0.358 e. The van der Waals surface area contributed by atoms with Gasteiger partial charge in [0.2, 0.25) is 0 Å². The molecule has 0 amide bonds. The summed E-state index contributed by atoms with van der Waals surface area (Å²) in [6.45, 7) is 1.65. The first-order valence-electron chi connectivity index (χ1n) is 5.49. The SMILES string of the molecule is CC(C(=O)c1ccccc1)n1cc(Br)c([N+](=O)[O-])n1. The fourth-order valence-corrected chi connectivity index (χ4v) is 2.08. The number of hydrogen-bond donors (Lipinski definition) is 0. The minimum atomic E-state index is -0.604. The number of carbonyl (C=O) groups is 1. The van der Waals surface area contributed by atoms with Crippen LogP contribution < -0.4 is 0 Å². The average Bonchev–Trinajstić information content (AvgIpc) is 2.80. The molecule has 0 radical (unpaired) electrons. The zero-order valence-electron chi connectivity index (χ0n) is 9.99. The highest BCUT2D eigenvalue weighted by molar-refractivity contribution is 9.10. The van der Waals surface area contributed by atoms with E-state index in [4.69, 9.17) is 0 Å². The lowest BCUT2D eigenvalue weighted by molar-refractivity contribution is -0.390. The van der Waals surface area contributed by atoms with Crippen molar-refractivity contribution < 1.29 is 9.72 Å². The normalized spacial score (nSPS) is 12.1. The Kier molecular flexibility index (Phi) is 3.75. The molecule has 7 heteroatoms. The Hall–Kier alpha value is -2.02. The van der Waals surface area contributed by atoms with Crippen molar-refractivity contribution in [2.24, 2.45) is 0 Å². The van der Waals surface area contributed by atoms with Crippen molar-refractivity contribution in [3.63, 3.8) is 0 Å². The van der Waals surface area contributed by atoms with Crippen LogP contribution in [0.2, 0.25) is 0 Å². The first-order chi connectivity index (χ1) is 9.00. The van der Waals surface area contributed by atoms with Gasteiger partial charge < -0.3 is 10.1 Å². The summed E-state index contributed by atoms with van der Waals surface area (Å²) in [5.74, 6) is -0.446. The number of nitro groups is 1. The van der Waals surface area contributed by atoms with E-state index in [9.17, 15) is 14.9 Å². The van der Waals surface area contributed by atoms with Gasteiger partial charge in [0.1, 0.15) is 10.5 Å². The van der Waals surface area contributed by atoms with Crippen LogP contribution in [0.15, 0.2) is 41.0 Å². The van der Waals surface area contributed by atoms with Crippen molar-refractivity contribution in [3.05, 3.63) is 56.7 Å². The molecule has 0 saturated heterocycles. The first-order valence-corrected chi connectivity index (χ1v) is 6.28. The standard InChI is InChI=1S/C12H10BrN3O3/c1-8(11(17)9-5-3-2-4-6-9)15-7-10(13)12(14-15)16(18)19/h2-8H,1H3. The monoisotopic (exact) mass is 323 g/mol. The molecule has 1 heterocycles. The Labute approximate surface area is 117 Å². The first kappa shape index (κ1) is 13.4. The van der Waals surface area contributed by atoms with Crippen LogP contribution in [0.5, 0.6) is 0 Å². The van der Waals surface area contributed by atoms with Crippen molar-refractivity contribution >= 4 is 27.5 Å². The number of carbonyl (C=O) groups excluding carboxylic acids is 1. The molecule has 0 aliphatic rings. The van der Waals surface area contributed by atoms with Gasteiger partial charge in [-0.15, -0.1) is 0 Å². The van der Waals surface area contributed by atoms with Gasteiger partial charge in [-0.25, -0.2) is 0 Å². The van der Waals surface area contributed by atoms with E-state index in [0.29, 0.717) is 5.56 Å². The zero-order chi connectivity index (χ0) is 14.0. The summed E-state index contributed by atoms with van der Waals surface area (Å²) in [4.78, 5) is 22.3. The molecule has 98 valence electrons. The zero-order valence-corrected chi connectivity index (χ0v) is 11.6. The molecule has 0 aliphatic carbocycles. The number of ketones is 1. The van der Waals surface area contributed by atoms with Gasteiger partial charge in [0.05, 0.1) is 11.3 Å². The Morgan fingerprint density at radius 2 is 2.05 bits per heavy atom. The molecule has 19 heavy (non-hydrogen) atoms. The van der Waals surface area contributed by atoms with Crippen LogP contribution in [0.1, 0.15) is 23.3 Å². The van der Waals surface area contributed by atoms with Crippen LogP contribution in [0.25, 0.3) is 0 Å². The van der Waals surface area contributed by atoms with Gasteiger partial charge in [-0.05, 0) is 27.8 Å². The molecule has 2 aromatic rings. The summed E-state index contributed by atoms with van der Waals surface area (Å²) in [5, 5.41) is 14.5. The van der Waals surface area contributed by atoms with Crippen LogP contribution in [0.4, 0.5) is 5.82 Å². The number of Topliss-reactive ketones (excluding diaryl/α,β-unsaturated/α-hetero) is 1. The Bertz CT molecular complexity index is 624. The van der Waals surface area contributed by atoms with E-state index in [2.05, 4.69) is 21.0 Å². The predicted molar refractivity (Wildman–Crippen MR) is 72.1 cm³/mol. The summed E-state index contributed by atoms with van der Waals surface area (Å²) in [6.07, 6.45) is 1.43. The van der Waals surface area contributed by atoms with Gasteiger partial charge in [-0.3, -0.25) is 4.79 Å². The number of halogens is 1. The second-order valence-corrected chi connectivity index (χ2v) is 4.80. The highest BCUT2D eigenvalue weighted by atomic mass is 79.9. The Morgan fingerprint density at radius 3 is 2.58 bits per heavy atom. The molecule has 1 atom stereocenters. The third-order valence-electron chi connectivity index (χ3n) is 2.68. The molecule has 0 bridgehead atoms. The van der Waals surface area contributed by atoms with E-state index >= 15 is 0 Å². The summed E-state index contributed by atoms with van der Waals surface area (Å²) in [6, 6.07) is 8.14. The van der Waals surface area contributed by atoms with Crippen molar-refractivity contribution in [1.82, 2.24) is 9.78 Å². The third-order valence-corrected chi connectivity index (χ3v) is 3.24. The average molecular weight is 324 g/mol. The second-order valence-electron chi connectivity index (χ2n) is 3.94. The van der Waals surface area contributed by atoms with E-state index in [1.165, 1.54) is 10.9 Å². The summed E-state index contributed by atoms with van der Waals surface area (Å²) in [5.41, 5.74) is 0.546. The maximum Gasteiger partial charge on any atom is 0.404 e. The van der Waals surface area contributed by atoms with Crippen molar-refractivity contribution in [2.75, 3.05) is 0 Å². The molecule has 1 unspecified atom stereocenters. The molecule has 1 aromatic carbocycles. The van der Waals surface area contributed by atoms with Crippen LogP contribution in [0, 0.1) is 10.1 Å². The smallest absolute Gasteiger partial charge is 0.358 e. The number of hydrogen-bond acceptors (Lipinski definition) is 4. The molecule has 0 spiro atoms. The Balaban J connectivity index is 2.30. The van der Waals surface area contributed by atoms with Crippen molar-refractivity contribution in [1.29, 1.82) is 0 Å². The molecule has 0 fully saturated rings. The quantitative estimate of drug-likeness (QED) is 0.492. The number of aromatic nitrogens is 2. The van der Waals surface area contributed by atoms with E-state index in [0.717, 1.165) is 0 Å². The lowest BCUT2D eigenvalue weighted by Gasteiger charge is -2.07. The van der Waals surface area contributed by atoms with Crippen LogP contribution in [0.3, 0.4) is 0 Å². The fraction of sp³-hybridized carbons (Fsp3) is 0.167. The molecular weight excluding hydrogens is 314 g/mol. The van der Waals surface area contributed by atoms with E-state index < -0.39 is 11.0 Å². The summed E-state index contributed by atoms with van der Waals surface area (Å²) >= 11 is 3.06. The van der Waals surface area contributed by atoms with Crippen LogP contribution in [-0.4, -0.2) is 20.5 Å². The molecular formula is C12H10BrN3O3. The Morgan fingerprint density at radius 1 is 1.42 bits per heavy atom. The molecule has 6 nitrogen and oxygen atoms in total. The molecule has 0 aliphatic heterocycles. The molecule has 1 aromatic heterocycles. The fourth-order valence-electron chi connectivity index (χ4n) is 1.65. The van der Waals surface area contributed by atoms with Gasteiger partial charge in [0, 0.05) is 5.56 Å². The lowest BCUT2D eigenvalue weighted by atomic mass is 10.1. The van der Waals surface area contributed by atoms with E-state index in [1.807, 2.05) is 6.07 Å². The largest absolute Gasteiger partial charge is 0.404 e. The third kappa shape index (κ3) is 2.70. The highest BCUT2D eigenvalue weighted by Gasteiger charge is 2.25. The molecule has 0 saturated carbocycles. The molecule has 0 N–H and O–H groups in total. The predicted octanol–water partition coefficient (Wildman–Crippen LogP) is 3.00. The maximum absolute atomic E-state index is 12.2. The van der Waals surface area contributed by atoms with Crippen molar-refractivity contribution in [3.8, 4) is 0 Å². The summed E-state index contributed by atoms with van der Waals surface area (Å²) < 4.78 is 1.54. The second kappa shape index (κ2) is 5.31. The van der Waals surface area contributed by atoms with Gasteiger partial charge >= 0.3 is 5.82 Å². The topological polar surface area (TPSA) is 78.0 Å². The number of nitrogens with zero attached hydrogens (tertiary/aromatic N) is 3. The summed E-state index contributed by atoms with van der Waals surface area (Å²) in [7, 11) is 0. The number of benzene rings is 1. The highest BCUT2D eigenvalue weighted by Crippen LogP contribution is 2.25. The minimum absolute atomic E-state index is 0.148. The van der Waals surface area contributed by atoms with Gasteiger partial charge in [0.15, 0.2) is 5.78 Å².